The zero-order valence-electron chi connectivity index (χ0n) is 14.2. The predicted molar refractivity (Wildman–Crippen MR) is 98.1 cm³/mol. The van der Waals surface area contributed by atoms with Gasteiger partial charge in [0, 0.05) is 10.0 Å². The molecule has 0 spiro atoms. The molecule has 24 heavy (non-hydrogen) atoms. The summed E-state index contributed by atoms with van der Waals surface area (Å²) in [5, 5.41) is 7.37. The van der Waals surface area contributed by atoms with Gasteiger partial charge in [-0.3, -0.25) is 4.79 Å². The van der Waals surface area contributed by atoms with Gasteiger partial charge in [0.25, 0.3) is 10.7 Å². The van der Waals surface area contributed by atoms with E-state index in [4.69, 9.17) is 16.6 Å². The molecule has 0 saturated heterocycles. The van der Waals surface area contributed by atoms with Crippen LogP contribution in [0, 0.1) is 4.84 Å². The van der Waals surface area contributed by atoms with Gasteiger partial charge in [-0.1, -0.05) is 12.1 Å². The lowest BCUT2D eigenvalue weighted by Gasteiger charge is -2.21. The monoisotopic (exact) mass is 413 g/mol. The highest BCUT2D eigenvalue weighted by Crippen LogP contribution is 2.26. The van der Waals surface area contributed by atoms with E-state index in [1.807, 2.05) is 52.1 Å². The van der Waals surface area contributed by atoms with E-state index in [1.165, 1.54) is 0 Å². The number of hydrogen-bond donors (Lipinski definition) is 2. The van der Waals surface area contributed by atoms with E-state index < -0.39 is 0 Å². The number of quaternary nitrogens is 1. The first-order valence-corrected chi connectivity index (χ1v) is 8.81. The molecule has 0 fully saturated rings. The Morgan fingerprint density at radius 1 is 1.42 bits per heavy atom. The summed E-state index contributed by atoms with van der Waals surface area (Å²) >= 11 is 8.72. The Bertz CT molecular complexity index is 779. The highest BCUT2D eigenvalue weighted by Gasteiger charge is 2.18. The minimum Gasteiger partial charge on any atom is -0.409 e. The summed E-state index contributed by atoms with van der Waals surface area (Å²) in [5.41, 5.74) is 0.597. The van der Waals surface area contributed by atoms with Crippen LogP contribution >= 0.6 is 28.1 Å². The lowest BCUT2D eigenvalue weighted by Crippen LogP contribution is -3.09. The van der Waals surface area contributed by atoms with Crippen LogP contribution in [0.4, 0.5) is 0 Å². The van der Waals surface area contributed by atoms with Crippen molar-refractivity contribution < 1.29 is 14.1 Å². The molecule has 8 heteroatoms. The van der Waals surface area contributed by atoms with Gasteiger partial charge < -0.3 is 14.6 Å². The minimum absolute atomic E-state index is 0.0129. The summed E-state index contributed by atoms with van der Waals surface area (Å²) in [6.45, 7) is 6.65. The van der Waals surface area contributed by atoms with E-state index in [1.54, 1.807) is 4.68 Å². The average molecular weight is 414 g/mol. The molecule has 1 aromatic carbocycles. The number of nitrogens with one attached hydrogen (secondary N) is 2. The smallest absolute Gasteiger partial charge is 0.292 e. The van der Waals surface area contributed by atoms with Crippen molar-refractivity contribution in [1.29, 1.82) is 0 Å². The number of aromatic nitrogens is 2. The molecule has 0 saturated carbocycles. The Labute approximate surface area is 155 Å². The molecule has 0 radical (unpaired) electrons. The van der Waals surface area contributed by atoms with Gasteiger partial charge in [-0.05, 0) is 61.1 Å². The number of amides is 1. The van der Waals surface area contributed by atoms with E-state index in [9.17, 15) is 4.79 Å². The van der Waals surface area contributed by atoms with Gasteiger partial charge in [-0.25, -0.2) is 0 Å². The SMILES string of the molecule is C[NH+](CC(=O)NC(C)(C)C)Cn1nc(-c2ccccc2Br)oc1=S. The van der Waals surface area contributed by atoms with Crippen molar-refractivity contribution >= 4 is 34.1 Å². The number of benzene rings is 1. The van der Waals surface area contributed by atoms with Crippen molar-refractivity contribution in [1.82, 2.24) is 15.1 Å². The molecule has 1 atom stereocenters. The zero-order chi connectivity index (χ0) is 17.9. The van der Waals surface area contributed by atoms with Crippen molar-refractivity contribution in [2.24, 2.45) is 0 Å². The largest absolute Gasteiger partial charge is 0.409 e. The Hall–Kier alpha value is -1.51. The average Bonchev–Trinajstić information content (AvgIpc) is 2.77. The number of rotatable bonds is 5. The number of carbonyl (C=O) groups is 1. The Balaban J connectivity index is 2.07. The molecular formula is C16H22BrN4O2S+. The zero-order valence-corrected chi connectivity index (χ0v) is 16.6. The third-order valence-corrected chi connectivity index (χ3v) is 4.09. The predicted octanol–water partition coefficient (Wildman–Crippen LogP) is 2.02. The van der Waals surface area contributed by atoms with Crippen LogP contribution in [0.5, 0.6) is 0 Å². The van der Waals surface area contributed by atoms with Gasteiger partial charge in [0.1, 0.15) is 0 Å². The quantitative estimate of drug-likeness (QED) is 0.735. The Morgan fingerprint density at radius 3 is 2.71 bits per heavy atom. The van der Waals surface area contributed by atoms with Crippen molar-refractivity contribution in [3.05, 3.63) is 33.6 Å². The molecule has 0 bridgehead atoms. The molecule has 0 aliphatic rings. The molecule has 0 aliphatic heterocycles. The number of halogens is 1. The molecule has 2 rings (SSSR count). The second-order valence-corrected chi connectivity index (χ2v) is 7.95. The van der Waals surface area contributed by atoms with E-state index in [-0.39, 0.29) is 16.3 Å². The first kappa shape index (κ1) is 18.8. The van der Waals surface area contributed by atoms with Gasteiger partial charge in [-0.15, -0.1) is 5.10 Å². The summed E-state index contributed by atoms with van der Waals surface area (Å²) in [4.78, 5) is 13.2. The fourth-order valence-electron chi connectivity index (χ4n) is 2.20. The van der Waals surface area contributed by atoms with Gasteiger partial charge >= 0.3 is 0 Å². The molecule has 130 valence electrons. The van der Waals surface area contributed by atoms with Crippen molar-refractivity contribution in [3.8, 4) is 11.5 Å². The maximum Gasteiger partial charge on any atom is 0.292 e. The number of nitrogens with zero attached hydrogens (tertiary/aromatic N) is 2. The highest BCUT2D eigenvalue weighted by atomic mass is 79.9. The van der Waals surface area contributed by atoms with Crippen LogP contribution in [0.3, 0.4) is 0 Å². The van der Waals surface area contributed by atoms with Crippen LogP contribution < -0.4 is 10.2 Å². The van der Waals surface area contributed by atoms with E-state index >= 15 is 0 Å². The van der Waals surface area contributed by atoms with Crippen LogP contribution in [-0.4, -0.2) is 34.8 Å². The van der Waals surface area contributed by atoms with E-state index in [2.05, 4.69) is 26.3 Å². The molecule has 2 aromatic rings. The molecule has 1 amide bonds. The van der Waals surface area contributed by atoms with Crippen LogP contribution in [0.2, 0.25) is 0 Å². The standard InChI is InChI=1S/C16H21BrN4O2S/c1-16(2,3)18-13(22)9-20(4)10-21-15(24)23-14(19-21)11-7-5-6-8-12(11)17/h5-8H,9-10H2,1-4H3,(H,18,22)/p+1. The topological polar surface area (TPSA) is 64.5 Å². The summed E-state index contributed by atoms with van der Waals surface area (Å²) in [6, 6.07) is 7.65. The Kier molecular flexibility index (Phi) is 5.95. The number of likely N-dealkylation sites (N-methyl/N-ethyl adjacent to an activating group) is 1. The molecule has 2 N–H and O–H groups in total. The first-order chi connectivity index (χ1) is 11.2. The van der Waals surface area contributed by atoms with Gasteiger partial charge in [0.2, 0.25) is 5.89 Å². The molecule has 6 nitrogen and oxygen atoms in total. The fraction of sp³-hybridized carbons (Fsp3) is 0.438. The van der Waals surface area contributed by atoms with E-state index in [0.29, 0.717) is 19.1 Å². The van der Waals surface area contributed by atoms with Crippen molar-refractivity contribution in [3.63, 3.8) is 0 Å². The maximum absolute atomic E-state index is 12.0. The van der Waals surface area contributed by atoms with Gasteiger partial charge in [0.15, 0.2) is 13.2 Å². The summed E-state index contributed by atoms with van der Waals surface area (Å²) in [5.74, 6) is 0.445. The van der Waals surface area contributed by atoms with Gasteiger partial charge in [0.05, 0.1) is 12.6 Å². The molecule has 1 aromatic heterocycles. The summed E-state index contributed by atoms with van der Waals surface area (Å²) in [7, 11) is 1.91. The third-order valence-electron chi connectivity index (χ3n) is 3.11. The third kappa shape index (κ3) is 5.25. The van der Waals surface area contributed by atoms with E-state index in [0.717, 1.165) is 14.9 Å². The maximum atomic E-state index is 12.0. The minimum atomic E-state index is -0.242. The summed E-state index contributed by atoms with van der Waals surface area (Å²) < 4.78 is 8.08. The normalized spacial score (nSPS) is 12.9. The van der Waals surface area contributed by atoms with Crippen molar-refractivity contribution in [2.75, 3.05) is 13.6 Å². The molecule has 1 heterocycles. The summed E-state index contributed by atoms with van der Waals surface area (Å²) in [6.07, 6.45) is 0. The highest BCUT2D eigenvalue weighted by molar-refractivity contribution is 9.10. The van der Waals surface area contributed by atoms with Crippen LogP contribution in [0.15, 0.2) is 33.2 Å². The first-order valence-electron chi connectivity index (χ1n) is 7.61. The molecule has 1 unspecified atom stereocenters. The van der Waals surface area contributed by atoms with Crippen LogP contribution in [0.1, 0.15) is 20.8 Å². The van der Waals surface area contributed by atoms with Gasteiger partial charge in [-0.2, -0.15) is 4.68 Å². The fourth-order valence-corrected chi connectivity index (χ4v) is 2.84. The second-order valence-electron chi connectivity index (χ2n) is 6.74. The second kappa shape index (κ2) is 7.58. The van der Waals surface area contributed by atoms with Crippen LogP contribution in [0.25, 0.3) is 11.5 Å². The Morgan fingerprint density at radius 2 is 2.08 bits per heavy atom. The van der Waals surface area contributed by atoms with Crippen LogP contribution in [-0.2, 0) is 11.5 Å². The lowest BCUT2D eigenvalue weighted by molar-refractivity contribution is -0.895. The lowest BCUT2D eigenvalue weighted by atomic mass is 10.1. The molecular weight excluding hydrogens is 392 g/mol. The molecule has 0 aliphatic carbocycles. The van der Waals surface area contributed by atoms with Crippen molar-refractivity contribution in [2.45, 2.75) is 33.0 Å². The number of hydrogen-bond acceptors (Lipinski definition) is 4. The number of carbonyl (C=O) groups excluding carboxylic acids is 1.